The second-order valence-electron chi connectivity index (χ2n) is 5.27. The van der Waals surface area contributed by atoms with Crippen LogP contribution in [0.5, 0.6) is 0 Å². The summed E-state index contributed by atoms with van der Waals surface area (Å²) in [5.74, 6) is -0.316. The number of hydrogen-bond donors (Lipinski definition) is 1. The van der Waals surface area contributed by atoms with Crippen molar-refractivity contribution < 1.29 is 9.59 Å². The van der Waals surface area contributed by atoms with Crippen molar-refractivity contribution in [2.24, 2.45) is 0 Å². The summed E-state index contributed by atoms with van der Waals surface area (Å²) in [5, 5.41) is 3.26. The second kappa shape index (κ2) is 8.01. The summed E-state index contributed by atoms with van der Waals surface area (Å²) in [6, 6.07) is 11.8. The van der Waals surface area contributed by atoms with Crippen molar-refractivity contribution in [1.82, 2.24) is 5.32 Å². The molecule has 1 unspecified atom stereocenters. The Balaban J connectivity index is 0.000000219. The zero-order valence-electron chi connectivity index (χ0n) is 13.0. The number of benzene rings is 2. The maximum atomic E-state index is 11.7. The van der Waals surface area contributed by atoms with E-state index in [0.29, 0.717) is 15.7 Å². The Hall–Kier alpha value is -1.56. The standard InChI is InChI=1S/C10H8Cl2N2O2.C7H7Br/c1-5-9(15)14(10(16)13-5)8-3-6(11)2-7(12)4-8;1-6-2-4-7(8)5-3-6/h2-5H,1H3,(H,13,16);2-5H,1H3. The molecule has 3 amide bonds. The van der Waals surface area contributed by atoms with Gasteiger partial charge in [0.05, 0.1) is 5.69 Å². The second-order valence-corrected chi connectivity index (χ2v) is 7.06. The van der Waals surface area contributed by atoms with Gasteiger partial charge in [-0.3, -0.25) is 4.79 Å². The molecular weight excluding hydrogens is 415 g/mol. The van der Waals surface area contributed by atoms with Gasteiger partial charge in [0.15, 0.2) is 0 Å². The Labute approximate surface area is 158 Å². The summed E-state index contributed by atoms with van der Waals surface area (Å²) < 4.78 is 1.14. The summed E-state index contributed by atoms with van der Waals surface area (Å²) >= 11 is 15.0. The van der Waals surface area contributed by atoms with E-state index in [1.165, 1.54) is 23.8 Å². The molecule has 1 fully saturated rings. The Morgan fingerprint density at radius 1 is 1.04 bits per heavy atom. The van der Waals surface area contributed by atoms with E-state index in [4.69, 9.17) is 23.2 Å². The average Bonchev–Trinajstić information content (AvgIpc) is 2.75. The first kappa shape index (κ1) is 18.8. The molecule has 1 heterocycles. The minimum absolute atomic E-state index is 0.316. The van der Waals surface area contributed by atoms with Crippen LogP contribution >= 0.6 is 39.1 Å². The van der Waals surface area contributed by atoms with Crippen LogP contribution in [0.4, 0.5) is 10.5 Å². The van der Waals surface area contributed by atoms with E-state index < -0.39 is 12.1 Å². The number of aryl methyl sites for hydroxylation is 1. The Kier molecular flexibility index (Phi) is 6.27. The first-order valence-electron chi connectivity index (χ1n) is 7.10. The molecule has 0 aromatic heterocycles. The fourth-order valence-corrected chi connectivity index (χ4v) is 2.83. The van der Waals surface area contributed by atoms with Crippen molar-refractivity contribution in [3.8, 4) is 0 Å². The molecule has 3 rings (SSSR count). The van der Waals surface area contributed by atoms with Crippen molar-refractivity contribution in [1.29, 1.82) is 0 Å². The summed E-state index contributed by atoms with van der Waals surface area (Å²) in [7, 11) is 0. The molecule has 7 heteroatoms. The number of anilines is 1. The molecule has 0 aliphatic carbocycles. The molecule has 4 nitrogen and oxygen atoms in total. The summed E-state index contributed by atoms with van der Waals surface area (Å²) in [6.07, 6.45) is 0. The van der Waals surface area contributed by atoms with Crippen LogP contribution < -0.4 is 10.2 Å². The van der Waals surface area contributed by atoms with E-state index in [2.05, 4.69) is 40.3 Å². The predicted molar refractivity (Wildman–Crippen MR) is 101 cm³/mol. The molecule has 1 aliphatic rings. The monoisotopic (exact) mass is 428 g/mol. The molecule has 0 saturated carbocycles. The topological polar surface area (TPSA) is 49.4 Å². The number of rotatable bonds is 1. The molecule has 2 aromatic rings. The van der Waals surface area contributed by atoms with E-state index in [1.807, 2.05) is 12.1 Å². The van der Waals surface area contributed by atoms with Gasteiger partial charge in [0.25, 0.3) is 5.91 Å². The highest BCUT2D eigenvalue weighted by Gasteiger charge is 2.36. The zero-order chi connectivity index (χ0) is 17.9. The van der Waals surface area contributed by atoms with E-state index in [0.717, 1.165) is 9.37 Å². The average molecular weight is 430 g/mol. The summed E-state index contributed by atoms with van der Waals surface area (Å²) in [6.45, 7) is 3.69. The van der Waals surface area contributed by atoms with Gasteiger partial charge < -0.3 is 5.32 Å². The fourth-order valence-electron chi connectivity index (χ4n) is 2.05. The zero-order valence-corrected chi connectivity index (χ0v) is 16.1. The van der Waals surface area contributed by atoms with Gasteiger partial charge in [0.2, 0.25) is 0 Å². The third-order valence-corrected chi connectivity index (χ3v) is 4.22. The SMILES string of the molecule is CC1NC(=O)N(c2cc(Cl)cc(Cl)c2)C1=O.Cc1ccc(Br)cc1. The smallest absolute Gasteiger partial charge is 0.326 e. The number of halogens is 3. The van der Waals surface area contributed by atoms with Crippen molar-refractivity contribution in [3.05, 3.63) is 62.5 Å². The molecular formula is C17H15BrCl2N2O2. The van der Waals surface area contributed by atoms with Crippen LogP contribution in [0.3, 0.4) is 0 Å². The van der Waals surface area contributed by atoms with Gasteiger partial charge in [-0.2, -0.15) is 0 Å². The van der Waals surface area contributed by atoms with Crippen LogP contribution in [0.1, 0.15) is 12.5 Å². The molecule has 1 saturated heterocycles. The predicted octanol–water partition coefficient (Wildman–Crippen LogP) is 5.20. The lowest BCUT2D eigenvalue weighted by atomic mass is 10.2. The van der Waals surface area contributed by atoms with Crippen LogP contribution in [0.2, 0.25) is 10.0 Å². The molecule has 0 spiro atoms. The van der Waals surface area contributed by atoms with Crippen LogP contribution in [-0.4, -0.2) is 18.0 Å². The van der Waals surface area contributed by atoms with Gasteiger partial charge in [-0.1, -0.05) is 56.8 Å². The summed E-state index contributed by atoms with van der Waals surface area (Å²) in [5.41, 5.74) is 1.68. The Morgan fingerprint density at radius 3 is 2.00 bits per heavy atom. The number of amides is 3. The fraction of sp³-hybridized carbons (Fsp3) is 0.176. The number of nitrogens with one attached hydrogen (secondary N) is 1. The molecule has 24 heavy (non-hydrogen) atoms. The van der Waals surface area contributed by atoms with Crippen molar-refractivity contribution >= 4 is 56.8 Å². The third-order valence-electron chi connectivity index (χ3n) is 3.25. The lowest BCUT2D eigenvalue weighted by molar-refractivity contribution is -0.117. The van der Waals surface area contributed by atoms with Crippen LogP contribution in [0, 0.1) is 6.92 Å². The minimum atomic E-state index is -0.523. The largest absolute Gasteiger partial charge is 0.329 e. The van der Waals surface area contributed by atoms with Crippen LogP contribution in [-0.2, 0) is 4.79 Å². The van der Waals surface area contributed by atoms with Gasteiger partial charge >= 0.3 is 6.03 Å². The van der Waals surface area contributed by atoms with Crippen molar-refractivity contribution in [2.45, 2.75) is 19.9 Å². The van der Waals surface area contributed by atoms with Gasteiger partial charge in [0.1, 0.15) is 6.04 Å². The normalized spacial score (nSPS) is 16.5. The molecule has 1 aliphatic heterocycles. The van der Waals surface area contributed by atoms with Crippen molar-refractivity contribution in [2.75, 3.05) is 4.90 Å². The number of imide groups is 1. The molecule has 1 N–H and O–H groups in total. The highest BCUT2D eigenvalue weighted by atomic mass is 79.9. The van der Waals surface area contributed by atoms with Gasteiger partial charge in [-0.05, 0) is 44.2 Å². The number of hydrogen-bond acceptors (Lipinski definition) is 2. The molecule has 0 radical (unpaired) electrons. The maximum absolute atomic E-state index is 11.7. The van der Waals surface area contributed by atoms with Crippen LogP contribution in [0.15, 0.2) is 46.9 Å². The van der Waals surface area contributed by atoms with E-state index in [9.17, 15) is 9.59 Å². The first-order valence-corrected chi connectivity index (χ1v) is 8.65. The molecule has 0 bridgehead atoms. The Bertz CT molecular complexity index is 724. The Morgan fingerprint density at radius 2 is 1.58 bits per heavy atom. The van der Waals surface area contributed by atoms with Gasteiger partial charge in [0, 0.05) is 14.5 Å². The summed E-state index contributed by atoms with van der Waals surface area (Å²) in [4.78, 5) is 24.3. The van der Waals surface area contributed by atoms with Gasteiger partial charge in [-0.15, -0.1) is 0 Å². The third kappa shape index (κ3) is 4.72. The number of carbonyl (C=O) groups excluding carboxylic acids is 2. The maximum Gasteiger partial charge on any atom is 0.329 e. The van der Waals surface area contributed by atoms with Crippen molar-refractivity contribution in [3.63, 3.8) is 0 Å². The molecule has 126 valence electrons. The minimum Gasteiger partial charge on any atom is -0.326 e. The quantitative estimate of drug-likeness (QED) is 0.633. The van der Waals surface area contributed by atoms with E-state index in [-0.39, 0.29) is 5.91 Å². The first-order chi connectivity index (χ1) is 11.3. The lowest BCUT2D eigenvalue weighted by Crippen LogP contribution is -2.30. The highest BCUT2D eigenvalue weighted by molar-refractivity contribution is 9.10. The molecule has 2 aromatic carbocycles. The molecule has 1 atom stereocenters. The number of nitrogens with zero attached hydrogens (tertiary/aromatic N) is 1. The lowest BCUT2D eigenvalue weighted by Gasteiger charge is -2.13. The number of urea groups is 1. The van der Waals surface area contributed by atoms with Gasteiger partial charge in [-0.25, -0.2) is 9.69 Å². The number of carbonyl (C=O) groups is 2. The highest BCUT2D eigenvalue weighted by Crippen LogP contribution is 2.27. The van der Waals surface area contributed by atoms with E-state index >= 15 is 0 Å². The van der Waals surface area contributed by atoms with Crippen LogP contribution in [0.25, 0.3) is 0 Å². The van der Waals surface area contributed by atoms with E-state index in [1.54, 1.807) is 6.92 Å².